The van der Waals surface area contributed by atoms with Gasteiger partial charge < -0.3 is 10.1 Å². The summed E-state index contributed by atoms with van der Waals surface area (Å²) in [6, 6.07) is 0.544. The predicted octanol–water partition coefficient (Wildman–Crippen LogP) is 1.65. The summed E-state index contributed by atoms with van der Waals surface area (Å²) in [6.45, 7) is 5.77. The molecule has 0 radical (unpaired) electrons. The van der Waals surface area contributed by atoms with Gasteiger partial charge in [0.2, 0.25) is 0 Å². The van der Waals surface area contributed by atoms with Gasteiger partial charge in [-0.3, -0.25) is 9.69 Å². The van der Waals surface area contributed by atoms with Gasteiger partial charge in [-0.15, -0.1) is 0 Å². The molecule has 2 fully saturated rings. The average Bonchev–Trinajstić information content (AvgIpc) is 3.20. The maximum atomic E-state index is 11.5. The van der Waals surface area contributed by atoms with E-state index in [-0.39, 0.29) is 5.97 Å². The number of carbonyl (C=O) groups excluding carboxylic acids is 1. The van der Waals surface area contributed by atoms with Crippen molar-refractivity contribution in [1.29, 1.82) is 0 Å². The highest BCUT2D eigenvalue weighted by Crippen LogP contribution is 2.37. The second kappa shape index (κ2) is 7.25. The molecular weight excluding hydrogens is 240 g/mol. The first kappa shape index (κ1) is 14.8. The van der Waals surface area contributed by atoms with Gasteiger partial charge in [0.1, 0.15) is 0 Å². The molecule has 0 amide bonds. The van der Waals surface area contributed by atoms with E-state index in [1.54, 1.807) is 0 Å². The van der Waals surface area contributed by atoms with Crippen LogP contribution in [0.15, 0.2) is 0 Å². The van der Waals surface area contributed by atoms with E-state index < -0.39 is 0 Å². The van der Waals surface area contributed by atoms with Crippen molar-refractivity contribution in [1.82, 2.24) is 10.2 Å². The number of rotatable bonds is 7. The van der Waals surface area contributed by atoms with Crippen LogP contribution in [-0.2, 0) is 9.53 Å². The monoisotopic (exact) mass is 268 g/mol. The predicted molar refractivity (Wildman–Crippen MR) is 76.0 cm³/mol. The standard InChI is InChI=1S/C15H28N2O2/c1-3-6-16-14-8-13(7-12-4-5-12)9-17(10-14)11-15(18)19-2/h12-14,16H,3-11H2,1-2H3. The molecular formula is C15H28N2O2. The summed E-state index contributed by atoms with van der Waals surface area (Å²) in [5, 5.41) is 3.62. The number of hydrogen-bond donors (Lipinski definition) is 1. The first-order valence-electron chi connectivity index (χ1n) is 7.73. The largest absolute Gasteiger partial charge is 0.468 e. The van der Waals surface area contributed by atoms with E-state index in [2.05, 4.69) is 17.1 Å². The first-order chi connectivity index (χ1) is 9.21. The SMILES string of the molecule is CCCNC1CC(CC2CC2)CN(CC(=O)OC)C1. The lowest BCUT2D eigenvalue weighted by atomic mass is 9.89. The molecule has 1 aliphatic carbocycles. The van der Waals surface area contributed by atoms with Crippen molar-refractivity contribution >= 4 is 5.97 Å². The van der Waals surface area contributed by atoms with Crippen LogP contribution < -0.4 is 5.32 Å². The molecule has 0 bridgehead atoms. The number of ether oxygens (including phenoxy) is 1. The summed E-state index contributed by atoms with van der Waals surface area (Å²) in [5.41, 5.74) is 0. The van der Waals surface area contributed by atoms with Gasteiger partial charge in [-0.2, -0.15) is 0 Å². The van der Waals surface area contributed by atoms with Crippen LogP contribution in [0.3, 0.4) is 0 Å². The smallest absolute Gasteiger partial charge is 0.319 e. The zero-order chi connectivity index (χ0) is 13.7. The Morgan fingerprint density at radius 3 is 2.74 bits per heavy atom. The van der Waals surface area contributed by atoms with Crippen LogP contribution in [0.1, 0.15) is 39.0 Å². The van der Waals surface area contributed by atoms with Gasteiger partial charge >= 0.3 is 5.97 Å². The molecule has 1 N–H and O–H groups in total. The molecule has 2 aliphatic rings. The molecule has 1 saturated carbocycles. The van der Waals surface area contributed by atoms with Crippen LogP contribution in [0, 0.1) is 11.8 Å². The highest BCUT2D eigenvalue weighted by Gasteiger charge is 2.32. The van der Waals surface area contributed by atoms with Crippen molar-refractivity contribution in [2.45, 2.75) is 45.1 Å². The molecule has 0 aromatic carbocycles. The summed E-state index contributed by atoms with van der Waals surface area (Å²) in [4.78, 5) is 13.7. The molecule has 2 atom stereocenters. The summed E-state index contributed by atoms with van der Waals surface area (Å²) < 4.78 is 4.80. The molecule has 19 heavy (non-hydrogen) atoms. The molecule has 4 nitrogen and oxygen atoms in total. The second-order valence-corrected chi connectivity index (χ2v) is 6.20. The van der Waals surface area contributed by atoms with Crippen molar-refractivity contribution in [3.05, 3.63) is 0 Å². The summed E-state index contributed by atoms with van der Waals surface area (Å²) in [5.74, 6) is 1.61. The molecule has 2 rings (SSSR count). The zero-order valence-corrected chi connectivity index (χ0v) is 12.4. The van der Waals surface area contributed by atoms with Crippen LogP contribution in [0.4, 0.5) is 0 Å². The fourth-order valence-electron chi connectivity index (χ4n) is 3.17. The van der Waals surface area contributed by atoms with Gasteiger partial charge in [0.05, 0.1) is 13.7 Å². The fraction of sp³-hybridized carbons (Fsp3) is 0.933. The molecule has 0 aromatic rings. The van der Waals surface area contributed by atoms with E-state index in [4.69, 9.17) is 4.74 Å². The number of esters is 1. The highest BCUT2D eigenvalue weighted by atomic mass is 16.5. The van der Waals surface area contributed by atoms with Crippen LogP contribution in [-0.4, -0.2) is 50.2 Å². The molecule has 1 heterocycles. The van der Waals surface area contributed by atoms with Crippen molar-refractivity contribution in [2.24, 2.45) is 11.8 Å². The maximum absolute atomic E-state index is 11.5. The van der Waals surface area contributed by atoms with Crippen LogP contribution in [0.5, 0.6) is 0 Å². The normalized spacial score (nSPS) is 28.3. The van der Waals surface area contributed by atoms with Crippen molar-refractivity contribution in [3.63, 3.8) is 0 Å². The first-order valence-corrected chi connectivity index (χ1v) is 7.73. The van der Waals surface area contributed by atoms with Gasteiger partial charge in [-0.05, 0) is 37.6 Å². The third kappa shape index (κ3) is 5.11. The molecule has 0 spiro atoms. The van der Waals surface area contributed by atoms with E-state index >= 15 is 0 Å². The Bertz CT molecular complexity index is 292. The zero-order valence-electron chi connectivity index (χ0n) is 12.4. The summed E-state index contributed by atoms with van der Waals surface area (Å²) >= 11 is 0. The minimum atomic E-state index is -0.110. The molecule has 1 aliphatic heterocycles. The van der Waals surface area contributed by atoms with Crippen LogP contribution >= 0.6 is 0 Å². The Morgan fingerprint density at radius 1 is 1.32 bits per heavy atom. The molecule has 0 aromatic heterocycles. The number of piperidine rings is 1. The molecule has 2 unspecified atom stereocenters. The molecule has 110 valence electrons. The van der Waals surface area contributed by atoms with E-state index in [1.807, 2.05) is 0 Å². The van der Waals surface area contributed by atoms with Gasteiger partial charge in [-0.25, -0.2) is 0 Å². The Kier molecular flexibility index (Phi) is 5.64. The average molecular weight is 268 g/mol. The lowest BCUT2D eigenvalue weighted by molar-refractivity contribution is -0.142. The second-order valence-electron chi connectivity index (χ2n) is 6.20. The minimum Gasteiger partial charge on any atom is -0.468 e. The topological polar surface area (TPSA) is 41.6 Å². The van der Waals surface area contributed by atoms with Gasteiger partial charge in [-0.1, -0.05) is 19.8 Å². The lowest BCUT2D eigenvalue weighted by Gasteiger charge is -2.37. The summed E-state index contributed by atoms with van der Waals surface area (Å²) in [7, 11) is 1.47. The third-order valence-electron chi connectivity index (χ3n) is 4.24. The van der Waals surface area contributed by atoms with Crippen molar-refractivity contribution in [3.8, 4) is 0 Å². The number of nitrogens with one attached hydrogen (secondary N) is 1. The van der Waals surface area contributed by atoms with Crippen molar-refractivity contribution < 1.29 is 9.53 Å². The van der Waals surface area contributed by atoms with Crippen LogP contribution in [0.25, 0.3) is 0 Å². The highest BCUT2D eigenvalue weighted by molar-refractivity contribution is 5.71. The quantitative estimate of drug-likeness (QED) is 0.713. The van der Waals surface area contributed by atoms with Gasteiger partial charge in [0.25, 0.3) is 0 Å². The van der Waals surface area contributed by atoms with E-state index in [0.717, 1.165) is 31.5 Å². The number of methoxy groups -OCH3 is 1. The Labute approximate surface area is 116 Å². The van der Waals surface area contributed by atoms with Crippen molar-refractivity contribution in [2.75, 3.05) is 33.3 Å². The van der Waals surface area contributed by atoms with Crippen LogP contribution in [0.2, 0.25) is 0 Å². The summed E-state index contributed by atoms with van der Waals surface area (Å²) in [6.07, 6.45) is 6.62. The number of nitrogens with zero attached hydrogens (tertiary/aromatic N) is 1. The third-order valence-corrected chi connectivity index (χ3v) is 4.24. The lowest BCUT2D eigenvalue weighted by Crippen LogP contribution is -2.50. The number of hydrogen-bond acceptors (Lipinski definition) is 4. The van der Waals surface area contributed by atoms with E-state index in [1.165, 1.54) is 39.2 Å². The van der Waals surface area contributed by atoms with E-state index in [0.29, 0.717) is 12.6 Å². The Hall–Kier alpha value is -0.610. The number of likely N-dealkylation sites (tertiary alicyclic amines) is 1. The van der Waals surface area contributed by atoms with Gasteiger partial charge in [0.15, 0.2) is 0 Å². The maximum Gasteiger partial charge on any atom is 0.319 e. The Balaban J connectivity index is 1.84. The Morgan fingerprint density at radius 2 is 2.11 bits per heavy atom. The van der Waals surface area contributed by atoms with E-state index in [9.17, 15) is 4.79 Å². The number of carbonyl (C=O) groups is 1. The fourth-order valence-corrected chi connectivity index (χ4v) is 3.17. The molecule has 1 saturated heterocycles. The molecule has 4 heteroatoms. The van der Waals surface area contributed by atoms with Gasteiger partial charge in [0, 0.05) is 19.1 Å². The minimum absolute atomic E-state index is 0.110.